The van der Waals surface area contributed by atoms with Crippen LogP contribution in [0.3, 0.4) is 0 Å². The highest BCUT2D eigenvalue weighted by atomic mass is 32.1. The van der Waals surface area contributed by atoms with Crippen LogP contribution in [0.2, 0.25) is 0 Å². The first kappa shape index (κ1) is 19.4. The number of nitrogens with zero attached hydrogens (tertiary/aromatic N) is 1. The first-order valence-electron chi connectivity index (χ1n) is 8.54. The maximum Gasteiger partial charge on any atom is 0.337 e. The molecule has 0 spiro atoms. The highest BCUT2D eigenvalue weighted by molar-refractivity contribution is 7.20. The first-order valence-corrected chi connectivity index (χ1v) is 10.2. The number of rotatable bonds is 5. The quantitative estimate of drug-likeness (QED) is 0.411. The molecular weight excluding hydrogens is 416 g/mol. The van der Waals surface area contributed by atoms with Gasteiger partial charge >= 0.3 is 5.97 Å². The Morgan fingerprint density at radius 1 is 1.10 bits per heavy atom. The van der Waals surface area contributed by atoms with E-state index in [1.807, 2.05) is 18.2 Å². The van der Waals surface area contributed by atoms with Gasteiger partial charge in [-0.15, -0.1) is 22.7 Å². The highest BCUT2D eigenvalue weighted by Gasteiger charge is 2.25. The summed E-state index contributed by atoms with van der Waals surface area (Å²) in [5, 5.41) is 11.5. The van der Waals surface area contributed by atoms with Crippen molar-refractivity contribution >= 4 is 44.6 Å². The topological polar surface area (TPSA) is 67.3 Å². The molecule has 0 unspecified atom stereocenters. The van der Waals surface area contributed by atoms with E-state index in [4.69, 9.17) is 0 Å². The molecule has 0 aliphatic heterocycles. The minimum atomic E-state index is -1.30. The maximum atomic E-state index is 14.4. The molecule has 0 saturated heterocycles. The zero-order valence-electron chi connectivity index (χ0n) is 15.0. The maximum absolute atomic E-state index is 14.4. The van der Waals surface area contributed by atoms with Gasteiger partial charge in [0.2, 0.25) is 0 Å². The number of aromatic nitrogens is 1. The molecule has 0 radical (unpaired) electrons. The minimum Gasteiger partial charge on any atom is -0.478 e. The Morgan fingerprint density at radius 2 is 1.86 bits per heavy atom. The standard InChI is InChI=1S/C21H13F2NO3S2/c1-10-6-7-12(18(23)17(10)22)19-16(21(26)27)11(9-28-19)8-14(25)20-24-13-4-2-3-5-15(13)29-20/h2-7,9H,8H2,1H3,(H,26,27). The fourth-order valence-corrected chi connectivity index (χ4v) is 5.00. The van der Waals surface area contributed by atoms with E-state index in [1.165, 1.54) is 35.8 Å². The van der Waals surface area contributed by atoms with Gasteiger partial charge in [-0.1, -0.05) is 24.3 Å². The van der Waals surface area contributed by atoms with E-state index < -0.39 is 17.6 Å². The third-order valence-corrected chi connectivity index (χ3v) is 6.62. The Labute approximate surface area is 172 Å². The molecule has 29 heavy (non-hydrogen) atoms. The molecule has 0 atom stereocenters. The van der Waals surface area contributed by atoms with E-state index in [-0.39, 0.29) is 44.3 Å². The van der Waals surface area contributed by atoms with Crippen molar-refractivity contribution in [2.24, 2.45) is 0 Å². The number of aromatic carboxylic acids is 1. The minimum absolute atomic E-state index is 0.0843. The van der Waals surface area contributed by atoms with Gasteiger partial charge in [0.05, 0.1) is 20.7 Å². The lowest BCUT2D eigenvalue weighted by Crippen LogP contribution is -2.08. The molecule has 4 aromatic rings. The van der Waals surface area contributed by atoms with Crippen molar-refractivity contribution in [2.45, 2.75) is 13.3 Å². The Bertz CT molecular complexity index is 1240. The lowest BCUT2D eigenvalue weighted by atomic mass is 10.0. The van der Waals surface area contributed by atoms with E-state index in [1.54, 1.807) is 6.07 Å². The molecule has 0 bridgehead atoms. The molecule has 2 aromatic heterocycles. The zero-order valence-corrected chi connectivity index (χ0v) is 16.7. The van der Waals surface area contributed by atoms with Crippen LogP contribution in [0.1, 0.15) is 31.3 Å². The molecule has 1 N–H and O–H groups in total. The van der Waals surface area contributed by atoms with Crippen LogP contribution >= 0.6 is 22.7 Å². The van der Waals surface area contributed by atoms with E-state index in [0.29, 0.717) is 5.52 Å². The number of para-hydroxylation sites is 1. The third-order valence-electron chi connectivity index (χ3n) is 4.48. The van der Waals surface area contributed by atoms with Crippen LogP contribution in [-0.4, -0.2) is 21.8 Å². The molecule has 0 amide bonds. The number of fused-ring (bicyclic) bond motifs is 1. The molecule has 0 aliphatic rings. The van der Waals surface area contributed by atoms with Gasteiger partial charge in [-0.25, -0.2) is 18.6 Å². The summed E-state index contributed by atoms with van der Waals surface area (Å²) in [6, 6.07) is 10.1. The van der Waals surface area contributed by atoms with Crippen LogP contribution in [0.15, 0.2) is 41.8 Å². The summed E-state index contributed by atoms with van der Waals surface area (Å²) in [4.78, 5) is 28.9. The highest BCUT2D eigenvalue weighted by Crippen LogP contribution is 2.36. The SMILES string of the molecule is Cc1ccc(-c2scc(CC(=O)c3nc4ccccc4s3)c2C(=O)O)c(F)c1F. The molecule has 146 valence electrons. The molecule has 2 aromatic carbocycles. The average molecular weight is 429 g/mol. The number of thiophene rings is 1. The normalized spacial score (nSPS) is 11.1. The summed E-state index contributed by atoms with van der Waals surface area (Å²) >= 11 is 2.21. The van der Waals surface area contributed by atoms with E-state index in [0.717, 1.165) is 16.0 Å². The van der Waals surface area contributed by atoms with Crippen LogP contribution in [0.25, 0.3) is 20.7 Å². The summed E-state index contributed by atoms with van der Waals surface area (Å²) in [6.07, 6.45) is -0.187. The van der Waals surface area contributed by atoms with Gasteiger partial charge in [0.25, 0.3) is 0 Å². The van der Waals surface area contributed by atoms with Crippen molar-refractivity contribution in [2.75, 3.05) is 0 Å². The Kier molecular flexibility index (Phi) is 4.97. The van der Waals surface area contributed by atoms with Crippen LogP contribution in [0.5, 0.6) is 0 Å². The van der Waals surface area contributed by atoms with Gasteiger partial charge in [0.1, 0.15) is 0 Å². The number of carbonyl (C=O) groups is 2. The predicted molar refractivity (Wildman–Crippen MR) is 109 cm³/mol. The number of carbonyl (C=O) groups excluding carboxylic acids is 1. The van der Waals surface area contributed by atoms with Crippen LogP contribution < -0.4 is 0 Å². The first-order chi connectivity index (χ1) is 13.9. The van der Waals surface area contributed by atoms with Crippen molar-refractivity contribution in [1.29, 1.82) is 0 Å². The zero-order chi connectivity index (χ0) is 20.7. The third kappa shape index (κ3) is 3.45. The van der Waals surface area contributed by atoms with Crippen molar-refractivity contribution in [3.63, 3.8) is 0 Å². The number of benzene rings is 2. The van der Waals surface area contributed by atoms with Crippen molar-refractivity contribution in [3.05, 3.63) is 75.1 Å². The van der Waals surface area contributed by atoms with Gasteiger partial charge in [0.15, 0.2) is 22.4 Å². The molecule has 8 heteroatoms. The number of aryl methyl sites for hydroxylation is 1. The monoisotopic (exact) mass is 429 g/mol. The van der Waals surface area contributed by atoms with Gasteiger partial charge in [0, 0.05) is 12.0 Å². The van der Waals surface area contributed by atoms with Crippen molar-refractivity contribution in [1.82, 2.24) is 4.98 Å². The number of ketones is 1. The fourth-order valence-electron chi connectivity index (χ4n) is 3.02. The van der Waals surface area contributed by atoms with Gasteiger partial charge < -0.3 is 5.11 Å². The Hall–Kier alpha value is -2.97. The van der Waals surface area contributed by atoms with E-state index in [9.17, 15) is 23.5 Å². The second-order valence-electron chi connectivity index (χ2n) is 6.41. The number of hydrogen-bond donors (Lipinski definition) is 1. The number of thiazole rings is 1. The number of carboxylic acids is 1. The number of Topliss-reactive ketones (excluding diaryl/α,β-unsaturated/α-hetero) is 1. The summed E-state index contributed by atoms with van der Waals surface area (Å²) in [7, 11) is 0. The van der Waals surface area contributed by atoms with E-state index >= 15 is 0 Å². The largest absolute Gasteiger partial charge is 0.478 e. The second-order valence-corrected chi connectivity index (χ2v) is 8.33. The Balaban J connectivity index is 1.73. The van der Waals surface area contributed by atoms with Crippen LogP contribution in [0, 0.1) is 18.6 Å². The van der Waals surface area contributed by atoms with Gasteiger partial charge in [-0.2, -0.15) is 0 Å². The average Bonchev–Trinajstić information content (AvgIpc) is 3.30. The second kappa shape index (κ2) is 7.46. The van der Waals surface area contributed by atoms with Gasteiger partial charge in [-0.05, 0) is 35.6 Å². The van der Waals surface area contributed by atoms with Crippen molar-refractivity contribution < 1.29 is 23.5 Å². The Morgan fingerprint density at radius 3 is 2.59 bits per heavy atom. The molecule has 2 heterocycles. The summed E-state index contributed by atoms with van der Waals surface area (Å²) in [5.41, 5.74) is 0.761. The summed E-state index contributed by atoms with van der Waals surface area (Å²) in [5.74, 6) is -3.74. The molecular formula is C21H13F2NO3S2. The molecule has 4 rings (SSSR count). The van der Waals surface area contributed by atoms with E-state index in [2.05, 4.69) is 4.98 Å². The van der Waals surface area contributed by atoms with Crippen LogP contribution in [-0.2, 0) is 6.42 Å². The van der Waals surface area contributed by atoms with Crippen molar-refractivity contribution in [3.8, 4) is 10.4 Å². The lowest BCUT2D eigenvalue weighted by Gasteiger charge is -2.06. The van der Waals surface area contributed by atoms with Crippen LogP contribution in [0.4, 0.5) is 8.78 Å². The fraction of sp³-hybridized carbons (Fsp3) is 0.0952. The number of hydrogen-bond acceptors (Lipinski definition) is 5. The summed E-state index contributed by atoms with van der Waals surface area (Å²) in [6.45, 7) is 1.43. The predicted octanol–water partition coefficient (Wildman–Crippen LogP) is 5.74. The van der Waals surface area contributed by atoms with Gasteiger partial charge in [-0.3, -0.25) is 4.79 Å². The lowest BCUT2D eigenvalue weighted by molar-refractivity contribution is 0.0697. The number of halogens is 2. The number of carboxylic acid groups (broad SMARTS) is 1. The smallest absolute Gasteiger partial charge is 0.337 e. The molecule has 0 saturated carbocycles. The molecule has 0 aliphatic carbocycles. The summed E-state index contributed by atoms with van der Waals surface area (Å²) < 4.78 is 29.2. The molecule has 0 fully saturated rings. The molecule has 4 nitrogen and oxygen atoms in total.